The Balaban J connectivity index is 1.39. The largest absolute Gasteiger partial charge is 0.286 e. The van der Waals surface area contributed by atoms with Crippen LogP contribution in [0, 0.1) is 0 Å². The van der Waals surface area contributed by atoms with Gasteiger partial charge in [0.2, 0.25) is 0 Å². The van der Waals surface area contributed by atoms with Crippen LogP contribution in [0.4, 0.5) is 0 Å². The standard InChI is InChI=1S/C37H44N2O6S2/c1-3-17-37(18-4-2)35-27-31(29-13-21-38(22-14-29)19-5-7-25-46(40,41)42)9-11-33(35)34-12-10-32(28-36(34)37)30-15-23-39(24-16-30)20-6-8-26-47(43,44)45/h9-16,21-24,27-28H,3-8,17-20,25-26H2,1-2H3/p+2. The summed E-state index contributed by atoms with van der Waals surface area (Å²) in [4.78, 5) is 0. The first-order chi connectivity index (χ1) is 22.4. The van der Waals surface area contributed by atoms with Crippen LogP contribution in [-0.4, -0.2) is 37.4 Å². The van der Waals surface area contributed by atoms with Crippen LogP contribution in [0.25, 0.3) is 33.4 Å². The van der Waals surface area contributed by atoms with Crippen LogP contribution < -0.4 is 9.13 Å². The number of benzene rings is 2. The minimum atomic E-state index is -3.92. The molecule has 8 nitrogen and oxygen atoms in total. The van der Waals surface area contributed by atoms with Crippen LogP contribution in [0.15, 0.2) is 85.5 Å². The minimum absolute atomic E-state index is 0.0797. The SMILES string of the molecule is CCCC1(CCC)c2cc(-c3cc[n+](CCCCS(=O)(=O)O)cc3)ccc2-c2ccc(-c3cc[n+](CCCCS(=O)(=O)O)cc3)cc21. The van der Waals surface area contributed by atoms with Gasteiger partial charge >= 0.3 is 0 Å². The Kier molecular flexibility index (Phi) is 11.0. The molecule has 0 fully saturated rings. The number of aromatic nitrogens is 2. The zero-order chi connectivity index (χ0) is 33.7. The van der Waals surface area contributed by atoms with Crippen molar-refractivity contribution in [1.82, 2.24) is 0 Å². The number of hydrogen-bond acceptors (Lipinski definition) is 4. The van der Waals surface area contributed by atoms with E-state index in [9.17, 15) is 16.8 Å². The lowest BCUT2D eigenvalue weighted by Gasteiger charge is -2.32. The Hall–Kier alpha value is -3.44. The summed E-state index contributed by atoms with van der Waals surface area (Å²) < 4.78 is 66.1. The van der Waals surface area contributed by atoms with Crippen molar-refractivity contribution in [2.24, 2.45) is 0 Å². The van der Waals surface area contributed by atoms with E-state index in [4.69, 9.17) is 9.11 Å². The highest BCUT2D eigenvalue weighted by molar-refractivity contribution is 7.86. The molecule has 0 saturated carbocycles. The topological polar surface area (TPSA) is 117 Å². The first-order valence-corrected chi connectivity index (χ1v) is 19.8. The summed E-state index contributed by atoms with van der Waals surface area (Å²) in [7, 11) is -7.84. The zero-order valence-electron chi connectivity index (χ0n) is 27.3. The van der Waals surface area contributed by atoms with E-state index in [-0.39, 0.29) is 16.9 Å². The monoisotopic (exact) mass is 678 g/mol. The van der Waals surface area contributed by atoms with Crippen molar-refractivity contribution in [1.29, 1.82) is 0 Å². The summed E-state index contributed by atoms with van der Waals surface area (Å²) in [5.74, 6) is -0.422. The van der Waals surface area contributed by atoms with Gasteiger partial charge in [0.15, 0.2) is 24.8 Å². The number of rotatable bonds is 16. The number of unbranched alkanes of at least 4 members (excludes halogenated alkanes) is 2. The van der Waals surface area contributed by atoms with E-state index in [0.29, 0.717) is 38.8 Å². The van der Waals surface area contributed by atoms with E-state index in [1.54, 1.807) is 0 Å². The Bertz CT molecular complexity index is 1760. The van der Waals surface area contributed by atoms with Gasteiger partial charge in [-0.2, -0.15) is 16.8 Å². The Labute approximate surface area is 279 Å². The fraction of sp³-hybridized carbons (Fsp3) is 0.405. The molecular weight excluding hydrogens is 633 g/mol. The lowest BCUT2D eigenvalue weighted by Crippen LogP contribution is -2.32. The fourth-order valence-corrected chi connectivity index (χ4v) is 8.26. The molecule has 2 aromatic heterocycles. The molecule has 0 amide bonds. The van der Waals surface area contributed by atoms with Crippen molar-refractivity contribution in [3.63, 3.8) is 0 Å². The average molecular weight is 679 g/mol. The Morgan fingerprint density at radius 2 is 0.936 bits per heavy atom. The number of hydrogen-bond donors (Lipinski definition) is 2. The molecule has 250 valence electrons. The molecule has 1 aliphatic carbocycles. The molecule has 0 bridgehead atoms. The third-order valence-electron chi connectivity index (χ3n) is 9.30. The molecule has 10 heteroatoms. The summed E-state index contributed by atoms with van der Waals surface area (Å²) >= 11 is 0. The number of fused-ring (bicyclic) bond motifs is 3. The molecule has 2 N–H and O–H groups in total. The molecule has 1 aliphatic rings. The lowest BCUT2D eigenvalue weighted by atomic mass is 9.71. The van der Waals surface area contributed by atoms with E-state index < -0.39 is 20.2 Å². The van der Waals surface area contributed by atoms with Crippen molar-refractivity contribution >= 4 is 20.2 Å². The Morgan fingerprint density at radius 3 is 1.28 bits per heavy atom. The van der Waals surface area contributed by atoms with Crippen LogP contribution in [0.1, 0.15) is 76.3 Å². The van der Waals surface area contributed by atoms with Crippen LogP contribution in [-0.2, 0) is 38.7 Å². The third kappa shape index (κ3) is 8.54. The first kappa shape index (κ1) is 34.9. The lowest BCUT2D eigenvalue weighted by molar-refractivity contribution is -0.697. The van der Waals surface area contributed by atoms with Gasteiger partial charge in [-0.1, -0.05) is 51.0 Å². The predicted octanol–water partition coefficient (Wildman–Crippen LogP) is 6.80. The normalized spacial score (nSPS) is 13.8. The van der Waals surface area contributed by atoms with Crippen LogP contribution in [0.3, 0.4) is 0 Å². The number of aryl methyl sites for hydroxylation is 2. The van der Waals surface area contributed by atoms with Crippen molar-refractivity contribution < 1.29 is 35.1 Å². The minimum Gasteiger partial charge on any atom is -0.286 e. The van der Waals surface area contributed by atoms with Gasteiger partial charge in [-0.3, -0.25) is 9.11 Å². The molecule has 47 heavy (non-hydrogen) atoms. The van der Waals surface area contributed by atoms with Gasteiger partial charge in [-0.05, 0) is 82.3 Å². The average Bonchev–Trinajstić information content (AvgIpc) is 3.29. The second kappa shape index (κ2) is 14.8. The van der Waals surface area contributed by atoms with E-state index in [1.165, 1.54) is 33.4 Å². The highest BCUT2D eigenvalue weighted by atomic mass is 32.2. The van der Waals surface area contributed by atoms with Gasteiger partial charge in [-0.15, -0.1) is 0 Å². The van der Waals surface area contributed by atoms with Gasteiger partial charge in [0.1, 0.15) is 13.1 Å². The van der Waals surface area contributed by atoms with Gasteiger partial charge in [0.25, 0.3) is 20.2 Å². The van der Waals surface area contributed by atoms with E-state index >= 15 is 0 Å². The molecule has 0 spiro atoms. The second-order valence-electron chi connectivity index (χ2n) is 12.7. The maximum atomic E-state index is 11.0. The summed E-state index contributed by atoms with van der Waals surface area (Å²) in [5, 5.41) is 0. The molecule has 0 radical (unpaired) electrons. The van der Waals surface area contributed by atoms with Gasteiger partial charge in [0.05, 0.1) is 11.5 Å². The van der Waals surface area contributed by atoms with Crippen molar-refractivity contribution in [3.8, 4) is 33.4 Å². The number of nitrogens with zero attached hydrogens (tertiary/aromatic N) is 2. The molecule has 5 rings (SSSR count). The van der Waals surface area contributed by atoms with E-state index in [0.717, 1.165) is 36.8 Å². The number of pyridine rings is 2. The van der Waals surface area contributed by atoms with Crippen molar-refractivity contribution in [2.45, 2.75) is 83.7 Å². The van der Waals surface area contributed by atoms with E-state index in [2.05, 4.69) is 74.5 Å². The van der Waals surface area contributed by atoms with Gasteiger partial charge in [-0.25, -0.2) is 9.13 Å². The third-order valence-corrected chi connectivity index (χ3v) is 10.9. The zero-order valence-corrected chi connectivity index (χ0v) is 28.9. The summed E-state index contributed by atoms with van der Waals surface area (Å²) in [6.07, 6.45) is 14.6. The highest BCUT2D eigenvalue weighted by Gasteiger charge is 2.42. The van der Waals surface area contributed by atoms with Crippen LogP contribution in [0.5, 0.6) is 0 Å². The Morgan fingerprint density at radius 1 is 0.553 bits per heavy atom. The molecule has 0 unspecified atom stereocenters. The predicted molar refractivity (Wildman–Crippen MR) is 185 cm³/mol. The van der Waals surface area contributed by atoms with Gasteiger partial charge < -0.3 is 0 Å². The molecule has 2 aromatic carbocycles. The van der Waals surface area contributed by atoms with Crippen LogP contribution in [0.2, 0.25) is 0 Å². The molecule has 0 saturated heterocycles. The van der Waals surface area contributed by atoms with E-state index in [1.807, 2.05) is 33.9 Å². The van der Waals surface area contributed by atoms with Crippen LogP contribution >= 0.6 is 0 Å². The maximum Gasteiger partial charge on any atom is 0.264 e. The highest BCUT2D eigenvalue weighted by Crippen LogP contribution is 2.55. The molecule has 4 aromatic rings. The second-order valence-corrected chi connectivity index (χ2v) is 15.9. The van der Waals surface area contributed by atoms with Crippen molar-refractivity contribution in [2.75, 3.05) is 11.5 Å². The first-order valence-electron chi connectivity index (χ1n) is 16.6. The molecule has 0 aliphatic heterocycles. The maximum absolute atomic E-state index is 11.0. The van der Waals surface area contributed by atoms with Crippen molar-refractivity contribution in [3.05, 3.63) is 96.6 Å². The fourth-order valence-electron chi connectivity index (χ4n) is 7.13. The molecule has 0 atom stereocenters. The summed E-state index contributed by atoms with van der Waals surface area (Å²) in [6.45, 7) is 5.90. The smallest absolute Gasteiger partial charge is 0.264 e. The molecular formula is C37H46N2O6S2+2. The summed E-state index contributed by atoms with van der Waals surface area (Å²) in [5.41, 5.74) is 9.94. The molecule has 2 heterocycles. The summed E-state index contributed by atoms with van der Waals surface area (Å²) in [6, 6.07) is 22.2. The van der Waals surface area contributed by atoms with Gasteiger partial charge in [0, 0.05) is 42.5 Å². The quantitative estimate of drug-likeness (QED) is 0.0765.